The molecule has 1 amide bonds. The molecule has 0 bridgehead atoms. The standard InChI is InChI=1S/C14H18BrNO3S/c1-10(2)7-16-13(17)8-19-14(18)9-20-12-5-3-11(15)4-6-12/h3-6,10H,7-9H2,1-2H3,(H,16,17). The summed E-state index contributed by atoms with van der Waals surface area (Å²) in [6, 6.07) is 7.65. The lowest BCUT2D eigenvalue weighted by Gasteiger charge is -2.08. The third kappa shape index (κ3) is 7.55. The summed E-state index contributed by atoms with van der Waals surface area (Å²) in [6.07, 6.45) is 0. The van der Waals surface area contributed by atoms with Gasteiger partial charge < -0.3 is 10.1 Å². The highest BCUT2D eigenvalue weighted by Crippen LogP contribution is 2.20. The summed E-state index contributed by atoms with van der Waals surface area (Å²) >= 11 is 4.73. The summed E-state index contributed by atoms with van der Waals surface area (Å²) < 4.78 is 5.89. The van der Waals surface area contributed by atoms with Gasteiger partial charge in [0.15, 0.2) is 6.61 Å². The second-order valence-electron chi connectivity index (χ2n) is 4.60. The fraction of sp³-hybridized carbons (Fsp3) is 0.429. The SMILES string of the molecule is CC(C)CNC(=O)COC(=O)CSc1ccc(Br)cc1. The molecule has 0 aliphatic rings. The Kier molecular flexibility index (Phi) is 7.69. The Balaban J connectivity index is 2.20. The fourth-order valence-corrected chi connectivity index (χ4v) is 2.19. The molecule has 0 aliphatic carbocycles. The monoisotopic (exact) mass is 359 g/mol. The quantitative estimate of drug-likeness (QED) is 0.600. The second kappa shape index (κ2) is 9.02. The van der Waals surface area contributed by atoms with E-state index in [2.05, 4.69) is 21.2 Å². The molecule has 0 aliphatic heterocycles. The first-order valence-corrected chi connectivity index (χ1v) is 8.06. The van der Waals surface area contributed by atoms with Crippen molar-refractivity contribution < 1.29 is 14.3 Å². The molecule has 1 rings (SSSR count). The van der Waals surface area contributed by atoms with Crippen LogP contribution in [0.2, 0.25) is 0 Å². The lowest BCUT2D eigenvalue weighted by molar-refractivity contribution is -0.145. The molecule has 4 nitrogen and oxygen atoms in total. The summed E-state index contributed by atoms with van der Waals surface area (Å²) in [7, 11) is 0. The van der Waals surface area contributed by atoms with Gasteiger partial charge in [-0.15, -0.1) is 11.8 Å². The molecule has 0 unspecified atom stereocenters. The maximum Gasteiger partial charge on any atom is 0.316 e. The first-order valence-electron chi connectivity index (χ1n) is 6.28. The molecule has 1 aromatic rings. The molecule has 0 saturated carbocycles. The first kappa shape index (κ1) is 17.0. The molecule has 1 aromatic carbocycles. The van der Waals surface area contributed by atoms with E-state index < -0.39 is 5.97 Å². The lowest BCUT2D eigenvalue weighted by atomic mass is 10.2. The predicted octanol–water partition coefficient (Wildman–Crippen LogP) is 2.86. The number of nitrogens with one attached hydrogen (secondary N) is 1. The average Bonchev–Trinajstić information content (AvgIpc) is 2.42. The molecule has 20 heavy (non-hydrogen) atoms. The largest absolute Gasteiger partial charge is 0.455 e. The van der Waals surface area contributed by atoms with Crippen molar-refractivity contribution in [3.05, 3.63) is 28.7 Å². The van der Waals surface area contributed by atoms with E-state index in [1.54, 1.807) is 0 Å². The van der Waals surface area contributed by atoms with E-state index in [4.69, 9.17) is 4.74 Å². The third-order valence-corrected chi connectivity index (χ3v) is 3.76. The Morgan fingerprint density at radius 3 is 2.55 bits per heavy atom. The summed E-state index contributed by atoms with van der Waals surface area (Å²) in [5.74, 6) is -0.0834. The molecule has 1 N–H and O–H groups in total. The first-order chi connectivity index (χ1) is 9.47. The van der Waals surface area contributed by atoms with Gasteiger partial charge in [0.2, 0.25) is 0 Å². The number of amides is 1. The van der Waals surface area contributed by atoms with E-state index in [-0.39, 0.29) is 18.3 Å². The normalized spacial score (nSPS) is 10.4. The van der Waals surface area contributed by atoms with Crippen LogP contribution in [-0.2, 0) is 14.3 Å². The van der Waals surface area contributed by atoms with Gasteiger partial charge in [-0.25, -0.2) is 0 Å². The van der Waals surface area contributed by atoms with Crippen molar-refractivity contribution >= 4 is 39.6 Å². The summed E-state index contributed by atoms with van der Waals surface area (Å²) in [6.45, 7) is 4.37. The minimum absolute atomic E-state index is 0.194. The van der Waals surface area contributed by atoms with Crippen LogP contribution in [-0.4, -0.2) is 30.8 Å². The van der Waals surface area contributed by atoms with Crippen LogP contribution in [0, 0.1) is 5.92 Å². The number of ether oxygens (including phenoxy) is 1. The highest BCUT2D eigenvalue weighted by molar-refractivity contribution is 9.10. The maximum atomic E-state index is 11.5. The molecule has 0 radical (unpaired) electrons. The number of rotatable bonds is 7. The van der Waals surface area contributed by atoms with Gasteiger partial charge in [0.1, 0.15) is 0 Å². The van der Waals surface area contributed by atoms with Gasteiger partial charge in [0.05, 0.1) is 5.75 Å². The van der Waals surface area contributed by atoms with Crippen LogP contribution in [0.1, 0.15) is 13.8 Å². The van der Waals surface area contributed by atoms with E-state index in [9.17, 15) is 9.59 Å². The molecule has 0 heterocycles. The number of carbonyl (C=O) groups is 2. The smallest absolute Gasteiger partial charge is 0.316 e. The molecular formula is C14H18BrNO3S. The molecule has 0 saturated heterocycles. The average molecular weight is 360 g/mol. The number of hydrogen-bond donors (Lipinski definition) is 1. The van der Waals surface area contributed by atoms with Crippen molar-refractivity contribution in [3.63, 3.8) is 0 Å². The van der Waals surface area contributed by atoms with E-state index >= 15 is 0 Å². The summed E-state index contributed by atoms with van der Waals surface area (Å²) in [5, 5.41) is 2.69. The summed E-state index contributed by atoms with van der Waals surface area (Å²) in [5.41, 5.74) is 0. The van der Waals surface area contributed by atoms with Crippen molar-refractivity contribution in [1.29, 1.82) is 0 Å². The van der Waals surface area contributed by atoms with E-state index in [0.717, 1.165) is 9.37 Å². The summed E-state index contributed by atoms with van der Waals surface area (Å²) in [4.78, 5) is 23.8. The molecule has 0 spiro atoms. The lowest BCUT2D eigenvalue weighted by Crippen LogP contribution is -2.31. The number of halogens is 1. The zero-order chi connectivity index (χ0) is 15.0. The number of hydrogen-bond acceptors (Lipinski definition) is 4. The molecule has 110 valence electrons. The van der Waals surface area contributed by atoms with Crippen molar-refractivity contribution in [2.75, 3.05) is 18.9 Å². The zero-order valence-electron chi connectivity index (χ0n) is 11.5. The highest BCUT2D eigenvalue weighted by Gasteiger charge is 2.08. The third-order valence-electron chi connectivity index (χ3n) is 2.24. The van der Waals surface area contributed by atoms with Crippen LogP contribution in [0.4, 0.5) is 0 Å². The van der Waals surface area contributed by atoms with Gasteiger partial charge in [-0.1, -0.05) is 29.8 Å². The molecule has 6 heteroatoms. The molecule has 0 fully saturated rings. The fourth-order valence-electron chi connectivity index (χ4n) is 1.23. The van der Waals surface area contributed by atoms with Crippen LogP contribution in [0.15, 0.2) is 33.6 Å². The Morgan fingerprint density at radius 2 is 1.95 bits per heavy atom. The van der Waals surface area contributed by atoms with E-state index in [0.29, 0.717) is 12.5 Å². The Bertz CT molecular complexity index is 448. The number of carbonyl (C=O) groups excluding carboxylic acids is 2. The van der Waals surface area contributed by atoms with Gasteiger partial charge in [-0.05, 0) is 30.2 Å². The van der Waals surface area contributed by atoms with Crippen molar-refractivity contribution in [3.8, 4) is 0 Å². The van der Waals surface area contributed by atoms with Crippen molar-refractivity contribution in [1.82, 2.24) is 5.32 Å². The van der Waals surface area contributed by atoms with E-state index in [1.807, 2.05) is 38.1 Å². The Morgan fingerprint density at radius 1 is 1.30 bits per heavy atom. The maximum absolute atomic E-state index is 11.5. The van der Waals surface area contributed by atoms with Crippen LogP contribution < -0.4 is 5.32 Å². The van der Waals surface area contributed by atoms with Gasteiger partial charge in [-0.3, -0.25) is 9.59 Å². The van der Waals surface area contributed by atoms with Crippen molar-refractivity contribution in [2.45, 2.75) is 18.7 Å². The van der Waals surface area contributed by atoms with Crippen molar-refractivity contribution in [2.24, 2.45) is 5.92 Å². The molecule has 0 aromatic heterocycles. The number of benzene rings is 1. The topological polar surface area (TPSA) is 55.4 Å². The van der Waals surface area contributed by atoms with Gasteiger partial charge >= 0.3 is 5.97 Å². The van der Waals surface area contributed by atoms with Crippen LogP contribution in [0.5, 0.6) is 0 Å². The van der Waals surface area contributed by atoms with Crippen LogP contribution in [0.25, 0.3) is 0 Å². The highest BCUT2D eigenvalue weighted by atomic mass is 79.9. The second-order valence-corrected chi connectivity index (χ2v) is 6.57. The van der Waals surface area contributed by atoms with Gasteiger partial charge in [0, 0.05) is 15.9 Å². The van der Waals surface area contributed by atoms with Crippen LogP contribution >= 0.6 is 27.7 Å². The van der Waals surface area contributed by atoms with Gasteiger partial charge in [0.25, 0.3) is 5.91 Å². The van der Waals surface area contributed by atoms with E-state index in [1.165, 1.54) is 11.8 Å². The van der Waals surface area contributed by atoms with Gasteiger partial charge in [-0.2, -0.15) is 0 Å². The number of thioether (sulfide) groups is 1. The molecule has 0 atom stereocenters. The van der Waals surface area contributed by atoms with Crippen LogP contribution in [0.3, 0.4) is 0 Å². The molecular weight excluding hydrogens is 342 g/mol. The predicted molar refractivity (Wildman–Crippen MR) is 83.7 cm³/mol. The zero-order valence-corrected chi connectivity index (χ0v) is 13.9. The minimum atomic E-state index is -0.391. The Hall–Kier alpha value is -1.01. The number of esters is 1. The minimum Gasteiger partial charge on any atom is -0.455 e. The Labute approximate surface area is 131 Å².